The van der Waals surface area contributed by atoms with Gasteiger partial charge in [0.15, 0.2) is 0 Å². The summed E-state index contributed by atoms with van der Waals surface area (Å²) in [5.41, 5.74) is 0.112. The van der Waals surface area contributed by atoms with Crippen molar-refractivity contribution in [3.05, 3.63) is 29.6 Å². The van der Waals surface area contributed by atoms with E-state index in [1.165, 1.54) is 25.6 Å². The number of nitrogens with zero attached hydrogens (tertiary/aromatic N) is 2. The molecule has 0 unspecified atom stereocenters. The highest BCUT2D eigenvalue weighted by molar-refractivity contribution is 6.00. The Morgan fingerprint density at radius 1 is 1.50 bits per heavy atom. The smallest absolute Gasteiger partial charge is 0.282 e. The van der Waals surface area contributed by atoms with Gasteiger partial charge in [-0.2, -0.15) is 4.99 Å². The third-order valence-electron chi connectivity index (χ3n) is 1.80. The van der Waals surface area contributed by atoms with E-state index < -0.39 is 11.7 Å². The Kier molecular flexibility index (Phi) is 3.99. The Hall–Kier alpha value is -1.91. The summed E-state index contributed by atoms with van der Waals surface area (Å²) in [6.07, 6.45) is 1.35. The van der Waals surface area contributed by atoms with Gasteiger partial charge in [-0.25, -0.2) is 4.39 Å². The summed E-state index contributed by atoms with van der Waals surface area (Å²) < 4.78 is 17.9. The minimum absolute atomic E-state index is 0.112. The van der Waals surface area contributed by atoms with Crippen molar-refractivity contribution in [3.8, 4) is 5.75 Å². The zero-order chi connectivity index (χ0) is 12.1. The molecule has 0 aliphatic rings. The Balaban J connectivity index is 3.02. The van der Waals surface area contributed by atoms with E-state index in [0.717, 1.165) is 6.07 Å². The van der Waals surface area contributed by atoms with Gasteiger partial charge in [0, 0.05) is 14.1 Å². The molecule has 0 radical (unpaired) electrons. The number of amides is 1. The van der Waals surface area contributed by atoms with Crippen molar-refractivity contribution in [3.63, 3.8) is 0 Å². The lowest BCUT2D eigenvalue weighted by molar-refractivity contribution is 0.0999. The molecule has 0 aliphatic heterocycles. The number of aliphatic imine (C=N–C) groups is 1. The molecule has 0 bridgehead atoms. The summed E-state index contributed by atoms with van der Waals surface area (Å²) in [5, 5.41) is 0. The summed E-state index contributed by atoms with van der Waals surface area (Å²) in [6, 6.07) is 3.73. The monoisotopic (exact) mass is 224 g/mol. The van der Waals surface area contributed by atoms with Gasteiger partial charge in [0.1, 0.15) is 11.6 Å². The van der Waals surface area contributed by atoms with Crippen LogP contribution in [0.25, 0.3) is 0 Å². The highest BCUT2D eigenvalue weighted by Crippen LogP contribution is 2.19. The van der Waals surface area contributed by atoms with E-state index in [2.05, 4.69) is 4.99 Å². The first-order valence-corrected chi connectivity index (χ1v) is 4.63. The van der Waals surface area contributed by atoms with Crippen LogP contribution in [-0.2, 0) is 0 Å². The Morgan fingerprint density at radius 2 is 2.19 bits per heavy atom. The summed E-state index contributed by atoms with van der Waals surface area (Å²) in [5.74, 6) is -0.725. The predicted octanol–water partition coefficient (Wildman–Crippen LogP) is 1.56. The molecular weight excluding hydrogens is 211 g/mol. The number of halogens is 1. The van der Waals surface area contributed by atoms with Crippen LogP contribution in [-0.4, -0.2) is 38.4 Å². The number of ether oxygens (including phenoxy) is 1. The fourth-order valence-corrected chi connectivity index (χ4v) is 1.08. The van der Waals surface area contributed by atoms with Gasteiger partial charge in [0.05, 0.1) is 19.0 Å². The maximum Gasteiger partial charge on any atom is 0.282 e. The number of carbonyl (C=O) groups is 1. The predicted molar refractivity (Wildman–Crippen MR) is 59.5 cm³/mol. The molecule has 0 aromatic heterocycles. The number of hydrogen-bond acceptors (Lipinski definition) is 2. The summed E-state index contributed by atoms with van der Waals surface area (Å²) in [7, 11) is 4.89. The molecule has 86 valence electrons. The average molecular weight is 224 g/mol. The Bertz CT molecular complexity index is 416. The topological polar surface area (TPSA) is 41.9 Å². The minimum Gasteiger partial charge on any atom is -0.496 e. The van der Waals surface area contributed by atoms with E-state index in [0.29, 0.717) is 5.75 Å². The van der Waals surface area contributed by atoms with Gasteiger partial charge in [0.2, 0.25) is 0 Å². The number of carbonyl (C=O) groups excluding carboxylic acids is 1. The molecular formula is C11H13FN2O2. The van der Waals surface area contributed by atoms with Crippen molar-refractivity contribution >= 4 is 12.2 Å². The van der Waals surface area contributed by atoms with Crippen LogP contribution in [0.5, 0.6) is 5.75 Å². The average Bonchev–Trinajstić information content (AvgIpc) is 2.25. The lowest BCUT2D eigenvalue weighted by Crippen LogP contribution is -2.10. The van der Waals surface area contributed by atoms with Crippen LogP contribution >= 0.6 is 0 Å². The molecule has 0 saturated heterocycles. The Morgan fingerprint density at radius 3 is 2.75 bits per heavy atom. The molecule has 0 saturated carbocycles. The second-order valence-electron chi connectivity index (χ2n) is 3.36. The second kappa shape index (κ2) is 5.25. The molecule has 16 heavy (non-hydrogen) atoms. The normalized spacial score (nSPS) is 10.5. The van der Waals surface area contributed by atoms with E-state index in [-0.39, 0.29) is 5.56 Å². The summed E-state index contributed by atoms with van der Waals surface area (Å²) in [6.45, 7) is 0. The maximum atomic E-state index is 13.0. The molecule has 1 aromatic rings. The van der Waals surface area contributed by atoms with E-state index >= 15 is 0 Å². The van der Waals surface area contributed by atoms with Crippen molar-refractivity contribution in [1.82, 2.24) is 4.90 Å². The van der Waals surface area contributed by atoms with Crippen LogP contribution in [0.4, 0.5) is 4.39 Å². The number of hydrogen-bond donors (Lipinski definition) is 0. The van der Waals surface area contributed by atoms with E-state index in [4.69, 9.17) is 4.74 Å². The van der Waals surface area contributed by atoms with E-state index in [1.807, 2.05) is 0 Å². The molecule has 0 fully saturated rings. The van der Waals surface area contributed by atoms with Crippen molar-refractivity contribution in [2.75, 3.05) is 21.2 Å². The standard InChI is InChI=1S/C11H13FN2O2/c1-14(2)7-13-11(15)9-6-8(12)4-5-10(9)16-3/h4-7H,1-3H3. The molecule has 0 N–H and O–H groups in total. The lowest BCUT2D eigenvalue weighted by atomic mass is 10.2. The molecule has 0 atom stereocenters. The molecule has 0 aliphatic carbocycles. The second-order valence-corrected chi connectivity index (χ2v) is 3.36. The van der Waals surface area contributed by atoms with Gasteiger partial charge < -0.3 is 9.64 Å². The molecule has 1 rings (SSSR count). The molecule has 0 spiro atoms. The number of rotatable bonds is 3. The quantitative estimate of drug-likeness (QED) is 0.578. The van der Waals surface area contributed by atoms with Crippen molar-refractivity contribution in [1.29, 1.82) is 0 Å². The summed E-state index contributed by atoms with van der Waals surface area (Å²) in [4.78, 5) is 16.9. The zero-order valence-corrected chi connectivity index (χ0v) is 9.40. The van der Waals surface area contributed by atoms with E-state index in [1.54, 1.807) is 19.0 Å². The van der Waals surface area contributed by atoms with Gasteiger partial charge in [-0.1, -0.05) is 0 Å². The van der Waals surface area contributed by atoms with Gasteiger partial charge >= 0.3 is 0 Å². The molecule has 1 aromatic carbocycles. The SMILES string of the molecule is COc1ccc(F)cc1C(=O)N=CN(C)C. The van der Waals surface area contributed by atoms with Crippen LogP contribution in [0.3, 0.4) is 0 Å². The largest absolute Gasteiger partial charge is 0.496 e. The summed E-state index contributed by atoms with van der Waals surface area (Å²) >= 11 is 0. The van der Waals surface area contributed by atoms with Crippen LogP contribution < -0.4 is 4.74 Å². The van der Waals surface area contributed by atoms with Crippen LogP contribution in [0, 0.1) is 5.82 Å². The fourth-order valence-electron chi connectivity index (χ4n) is 1.08. The molecule has 0 heterocycles. The minimum atomic E-state index is -0.537. The van der Waals surface area contributed by atoms with Crippen molar-refractivity contribution in [2.24, 2.45) is 4.99 Å². The van der Waals surface area contributed by atoms with Crippen LogP contribution in [0.15, 0.2) is 23.2 Å². The third-order valence-corrected chi connectivity index (χ3v) is 1.80. The highest BCUT2D eigenvalue weighted by atomic mass is 19.1. The van der Waals surface area contributed by atoms with Gasteiger partial charge in [-0.15, -0.1) is 0 Å². The first-order chi connectivity index (χ1) is 7.54. The van der Waals surface area contributed by atoms with E-state index in [9.17, 15) is 9.18 Å². The molecule has 4 nitrogen and oxygen atoms in total. The molecule has 5 heteroatoms. The van der Waals surface area contributed by atoms with Crippen molar-refractivity contribution < 1.29 is 13.9 Å². The van der Waals surface area contributed by atoms with Gasteiger partial charge in [0.25, 0.3) is 5.91 Å². The maximum absolute atomic E-state index is 13.0. The first-order valence-electron chi connectivity index (χ1n) is 4.63. The third kappa shape index (κ3) is 3.05. The fraction of sp³-hybridized carbons (Fsp3) is 0.273. The highest BCUT2D eigenvalue weighted by Gasteiger charge is 2.11. The Labute approximate surface area is 93.4 Å². The van der Waals surface area contributed by atoms with Crippen LogP contribution in [0.1, 0.15) is 10.4 Å². The van der Waals surface area contributed by atoms with Crippen molar-refractivity contribution in [2.45, 2.75) is 0 Å². The zero-order valence-electron chi connectivity index (χ0n) is 9.40. The van der Waals surface area contributed by atoms with Gasteiger partial charge in [-0.05, 0) is 18.2 Å². The van der Waals surface area contributed by atoms with Gasteiger partial charge in [-0.3, -0.25) is 4.79 Å². The molecule has 1 amide bonds. The lowest BCUT2D eigenvalue weighted by Gasteiger charge is -2.06. The number of benzene rings is 1. The van der Waals surface area contributed by atoms with Crippen LogP contribution in [0.2, 0.25) is 0 Å². The first kappa shape index (κ1) is 12.2. The number of methoxy groups -OCH3 is 1.